The van der Waals surface area contributed by atoms with Gasteiger partial charge in [-0.3, -0.25) is 4.79 Å². The highest BCUT2D eigenvalue weighted by molar-refractivity contribution is 7.17. The lowest BCUT2D eigenvalue weighted by Gasteiger charge is -2.18. The van der Waals surface area contributed by atoms with Crippen LogP contribution in [0.2, 0.25) is 0 Å². The zero-order valence-corrected chi connectivity index (χ0v) is 19.1. The molecule has 1 aromatic carbocycles. The van der Waals surface area contributed by atoms with E-state index in [9.17, 15) is 14.7 Å². The second-order valence-electron chi connectivity index (χ2n) is 7.99. The minimum atomic E-state index is -0.381. The summed E-state index contributed by atoms with van der Waals surface area (Å²) in [6.45, 7) is 4.58. The largest absolute Gasteiger partial charge is 0.462 e. The van der Waals surface area contributed by atoms with Gasteiger partial charge in [-0.1, -0.05) is 19.1 Å². The molecule has 1 amide bonds. The van der Waals surface area contributed by atoms with Crippen molar-refractivity contribution in [1.29, 1.82) is 0 Å². The van der Waals surface area contributed by atoms with Gasteiger partial charge in [-0.05, 0) is 49.8 Å². The Bertz CT molecular complexity index is 1140. The number of aliphatic hydroxyl groups is 1. The van der Waals surface area contributed by atoms with Crippen LogP contribution < -0.4 is 10.6 Å². The van der Waals surface area contributed by atoms with Gasteiger partial charge in [0.1, 0.15) is 11.5 Å². The van der Waals surface area contributed by atoms with E-state index < -0.39 is 0 Å². The lowest BCUT2D eigenvalue weighted by molar-refractivity contribution is -0.116. The Kier molecular flexibility index (Phi) is 6.76. The fraction of sp³-hybridized carbons (Fsp3) is 0.435. The molecule has 0 saturated heterocycles. The fourth-order valence-electron chi connectivity index (χ4n) is 4.11. The van der Waals surface area contributed by atoms with E-state index in [2.05, 4.69) is 22.5 Å². The van der Waals surface area contributed by atoms with Crippen molar-refractivity contribution in [3.05, 3.63) is 40.3 Å². The third-order valence-corrected chi connectivity index (χ3v) is 6.77. The number of fused-ring (bicyclic) bond motifs is 2. The number of imidazole rings is 1. The summed E-state index contributed by atoms with van der Waals surface area (Å²) in [5, 5.41) is 15.8. The molecule has 1 unspecified atom stereocenters. The number of thiophene rings is 1. The summed E-state index contributed by atoms with van der Waals surface area (Å²) in [6, 6.07) is 7.55. The number of nitrogens with zero attached hydrogens (tertiary/aromatic N) is 2. The molecule has 2 aromatic heterocycles. The first-order valence-electron chi connectivity index (χ1n) is 10.9. The van der Waals surface area contributed by atoms with Gasteiger partial charge in [0.25, 0.3) is 0 Å². The molecule has 1 aliphatic rings. The van der Waals surface area contributed by atoms with E-state index in [0.717, 1.165) is 40.7 Å². The number of hydrogen-bond donors (Lipinski definition) is 3. The van der Waals surface area contributed by atoms with Crippen LogP contribution in [-0.2, 0) is 28.9 Å². The number of hydrogen-bond acceptors (Lipinski definition) is 7. The molecule has 170 valence electrons. The van der Waals surface area contributed by atoms with Crippen LogP contribution in [0.15, 0.2) is 24.3 Å². The number of para-hydroxylation sites is 2. The minimum absolute atomic E-state index is 0.0233. The third-order valence-electron chi connectivity index (χ3n) is 5.60. The van der Waals surface area contributed by atoms with E-state index >= 15 is 0 Å². The lowest BCUT2D eigenvalue weighted by Crippen LogP contribution is -2.22. The van der Waals surface area contributed by atoms with Gasteiger partial charge >= 0.3 is 5.97 Å². The molecule has 3 aromatic rings. The molecule has 0 spiro atoms. The maximum absolute atomic E-state index is 13.1. The number of aliphatic hydroxyl groups excluding tert-OH is 1. The minimum Gasteiger partial charge on any atom is -0.462 e. The second kappa shape index (κ2) is 9.70. The second-order valence-corrected chi connectivity index (χ2v) is 9.09. The van der Waals surface area contributed by atoms with Crippen LogP contribution >= 0.6 is 11.3 Å². The van der Waals surface area contributed by atoms with Gasteiger partial charge < -0.3 is 25.0 Å². The summed E-state index contributed by atoms with van der Waals surface area (Å²) < 4.78 is 7.07. The first kappa shape index (κ1) is 22.3. The summed E-state index contributed by atoms with van der Waals surface area (Å²) in [4.78, 5) is 31.5. The molecule has 0 radical (unpaired) electrons. The van der Waals surface area contributed by atoms with Crippen molar-refractivity contribution in [3.8, 4) is 0 Å². The Balaban J connectivity index is 1.62. The van der Waals surface area contributed by atoms with Gasteiger partial charge in [0, 0.05) is 11.4 Å². The Hall–Kier alpha value is -2.91. The van der Waals surface area contributed by atoms with E-state index in [1.807, 2.05) is 24.3 Å². The molecule has 8 nitrogen and oxygen atoms in total. The molecule has 2 heterocycles. The normalized spacial score (nSPS) is 15.4. The number of aromatic nitrogens is 2. The summed E-state index contributed by atoms with van der Waals surface area (Å²) in [7, 11) is 0. The molecule has 1 atom stereocenters. The predicted molar refractivity (Wildman–Crippen MR) is 125 cm³/mol. The highest BCUT2D eigenvalue weighted by atomic mass is 32.1. The molecular formula is C23H28N4O4S. The number of carbonyl (C=O) groups is 2. The Morgan fingerprint density at radius 3 is 2.94 bits per heavy atom. The monoisotopic (exact) mass is 456 g/mol. The average Bonchev–Trinajstić information content (AvgIpc) is 3.29. The number of rotatable bonds is 8. The van der Waals surface area contributed by atoms with Crippen LogP contribution in [0.4, 0.5) is 10.9 Å². The molecule has 0 bridgehead atoms. The van der Waals surface area contributed by atoms with Gasteiger partial charge in [-0.15, -0.1) is 11.3 Å². The van der Waals surface area contributed by atoms with Gasteiger partial charge in [-0.2, -0.15) is 0 Å². The van der Waals surface area contributed by atoms with Crippen LogP contribution in [-0.4, -0.2) is 46.3 Å². The van der Waals surface area contributed by atoms with Crippen molar-refractivity contribution >= 4 is 45.2 Å². The smallest absolute Gasteiger partial charge is 0.341 e. The zero-order chi connectivity index (χ0) is 22.7. The number of nitrogens with one attached hydrogen (secondary N) is 2. The van der Waals surface area contributed by atoms with Crippen molar-refractivity contribution in [3.63, 3.8) is 0 Å². The number of amides is 1. The number of carbonyl (C=O) groups excluding carboxylic acids is 2. The van der Waals surface area contributed by atoms with Crippen LogP contribution in [0.1, 0.15) is 41.1 Å². The highest BCUT2D eigenvalue weighted by Gasteiger charge is 2.29. The van der Waals surface area contributed by atoms with E-state index in [-0.39, 0.29) is 31.6 Å². The van der Waals surface area contributed by atoms with Gasteiger partial charge in [-0.25, -0.2) is 9.78 Å². The maximum atomic E-state index is 13.1. The van der Waals surface area contributed by atoms with E-state index in [4.69, 9.17) is 4.74 Å². The topological polar surface area (TPSA) is 105 Å². The van der Waals surface area contributed by atoms with E-state index in [0.29, 0.717) is 29.0 Å². The summed E-state index contributed by atoms with van der Waals surface area (Å²) in [5.41, 5.74) is 3.09. The van der Waals surface area contributed by atoms with Crippen molar-refractivity contribution < 1.29 is 19.4 Å². The number of anilines is 2. The number of esters is 1. The molecule has 9 heteroatoms. The van der Waals surface area contributed by atoms with Crippen LogP contribution in [0.3, 0.4) is 0 Å². The average molecular weight is 457 g/mol. The van der Waals surface area contributed by atoms with Gasteiger partial charge in [0.05, 0.1) is 29.8 Å². The molecule has 3 N–H and O–H groups in total. The van der Waals surface area contributed by atoms with Crippen LogP contribution in [0, 0.1) is 5.92 Å². The highest BCUT2D eigenvalue weighted by Crippen LogP contribution is 2.40. The number of benzene rings is 1. The molecule has 0 fully saturated rings. The lowest BCUT2D eigenvalue weighted by atomic mass is 9.88. The predicted octanol–water partition coefficient (Wildman–Crippen LogP) is 3.44. The van der Waals surface area contributed by atoms with Crippen molar-refractivity contribution in [2.45, 2.75) is 39.7 Å². The Labute approximate surface area is 190 Å². The third kappa shape index (κ3) is 4.49. The SMILES string of the molecule is CCOC(=O)c1c(NC(=O)Cn2c(NCCO)nc3ccccc32)sc2c1CCC(C)C2. The molecular weight excluding hydrogens is 428 g/mol. The van der Waals surface area contributed by atoms with Crippen molar-refractivity contribution in [2.75, 3.05) is 30.4 Å². The standard InChI is InChI=1S/C23H28N4O4S/c1-3-31-22(30)20-15-9-8-14(2)12-18(15)32-21(20)26-19(29)13-27-17-7-5-4-6-16(17)25-23(27)24-10-11-28/h4-7,14,28H,3,8-13H2,1-2H3,(H,24,25)(H,26,29). The van der Waals surface area contributed by atoms with Crippen molar-refractivity contribution in [1.82, 2.24) is 9.55 Å². The first-order valence-corrected chi connectivity index (χ1v) is 11.7. The van der Waals surface area contributed by atoms with E-state index in [1.54, 1.807) is 11.5 Å². The Morgan fingerprint density at radius 1 is 1.34 bits per heavy atom. The molecule has 4 rings (SSSR count). The fourth-order valence-corrected chi connectivity index (χ4v) is 5.52. The summed E-state index contributed by atoms with van der Waals surface area (Å²) in [5.74, 6) is 0.433. The Morgan fingerprint density at radius 2 is 2.16 bits per heavy atom. The van der Waals surface area contributed by atoms with E-state index in [1.165, 1.54) is 11.3 Å². The van der Waals surface area contributed by atoms with Crippen LogP contribution in [0.5, 0.6) is 0 Å². The quantitative estimate of drug-likeness (QED) is 0.449. The molecule has 1 aliphatic carbocycles. The molecule has 0 saturated carbocycles. The summed E-state index contributed by atoms with van der Waals surface area (Å²) >= 11 is 1.48. The van der Waals surface area contributed by atoms with Crippen molar-refractivity contribution in [2.24, 2.45) is 5.92 Å². The van der Waals surface area contributed by atoms with Gasteiger partial charge in [0.15, 0.2) is 0 Å². The summed E-state index contributed by atoms with van der Waals surface area (Å²) in [6.07, 6.45) is 2.74. The van der Waals surface area contributed by atoms with Gasteiger partial charge in [0.2, 0.25) is 11.9 Å². The number of ether oxygens (including phenoxy) is 1. The van der Waals surface area contributed by atoms with Crippen LogP contribution in [0.25, 0.3) is 11.0 Å². The maximum Gasteiger partial charge on any atom is 0.341 e. The first-order chi connectivity index (χ1) is 15.5. The zero-order valence-electron chi connectivity index (χ0n) is 18.3. The molecule has 0 aliphatic heterocycles. The molecule has 32 heavy (non-hydrogen) atoms.